The maximum Gasteiger partial charge on any atom is 0.238 e. The lowest BCUT2D eigenvalue weighted by atomic mass is 9.85. The molecule has 24 heavy (non-hydrogen) atoms. The van der Waals surface area contributed by atoms with Gasteiger partial charge in [0, 0.05) is 11.6 Å². The van der Waals surface area contributed by atoms with Crippen LogP contribution in [0, 0.1) is 5.92 Å². The van der Waals surface area contributed by atoms with Gasteiger partial charge in [-0.3, -0.25) is 4.79 Å². The maximum absolute atomic E-state index is 11.9. The minimum Gasteiger partial charge on any atom is -0.342 e. The minimum atomic E-state index is 0. The first kappa shape index (κ1) is 19.0. The van der Waals surface area contributed by atoms with Gasteiger partial charge < -0.3 is 15.6 Å². The van der Waals surface area contributed by atoms with Gasteiger partial charge in [0.1, 0.15) is 5.82 Å². The van der Waals surface area contributed by atoms with Crippen LogP contribution in [0.3, 0.4) is 0 Å². The zero-order valence-electron chi connectivity index (χ0n) is 13.5. The highest BCUT2D eigenvalue weighted by Gasteiger charge is 2.23. The first-order chi connectivity index (χ1) is 10.8. The molecule has 0 spiro atoms. The summed E-state index contributed by atoms with van der Waals surface area (Å²) in [5, 5.41) is 6.15. The Bertz CT molecular complexity index is 695. The molecule has 4 rings (SSSR count). The van der Waals surface area contributed by atoms with E-state index in [2.05, 4.69) is 20.6 Å². The average molecular weight is 371 g/mol. The zero-order chi connectivity index (χ0) is 14.9. The maximum atomic E-state index is 11.9. The number of hydrogen-bond donors (Lipinski definition) is 3. The lowest BCUT2D eigenvalue weighted by Gasteiger charge is -2.22. The molecule has 0 saturated heterocycles. The van der Waals surface area contributed by atoms with Crippen molar-refractivity contribution in [3.63, 3.8) is 0 Å². The van der Waals surface area contributed by atoms with Crippen molar-refractivity contribution in [2.75, 3.05) is 18.4 Å². The SMILES string of the molecule is Cl.Cl.O=C(CNCC1CC1)Nc1ccc2nc(C3CCC3)[nH]c2c1. The summed E-state index contributed by atoms with van der Waals surface area (Å²) in [7, 11) is 0. The third kappa shape index (κ3) is 4.41. The van der Waals surface area contributed by atoms with Crippen LogP contribution >= 0.6 is 24.8 Å². The summed E-state index contributed by atoms with van der Waals surface area (Å²) >= 11 is 0. The Kier molecular flexibility index (Phi) is 6.49. The zero-order valence-corrected chi connectivity index (χ0v) is 15.1. The number of carbonyl (C=O) groups excluding carboxylic acids is 1. The first-order valence-electron chi connectivity index (χ1n) is 8.28. The van der Waals surface area contributed by atoms with E-state index < -0.39 is 0 Å². The largest absolute Gasteiger partial charge is 0.342 e. The van der Waals surface area contributed by atoms with Crippen molar-refractivity contribution in [2.45, 2.75) is 38.0 Å². The van der Waals surface area contributed by atoms with Gasteiger partial charge in [-0.05, 0) is 56.3 Å². The summed E-state index contributed by atoms with van der Waals surface area (Å²) in [6, 6.07) is 5.87. The molecule has 2 saturated carbocycles. The smallest absolute Gasteiger partial charge is 0.238 e. The summed E-state index contributed by atoms with van der Waals surface area (Å²) in [5.41, 5.74) is 2.81. The van der Waals surface area contributed by atoms with E-state index in [1.165, 1.54) is 32.1 Å². The third-order valence-corrected chi connectivity index (χ3v) is 4.69. The molecule has 0 radical (unpaired) electrons. The van der Waals surface area contributed by atoms with Gasteiger partial charge >= 0.3 is 0 Å². The number of fused-ring (bicyclic) bond motifs is 1. The normalized spacial score (nSPS) is 16.8. The van der Waals surface area contributed by atoms with Crippen LogP contribution in [0.15, 0.2) is 18.2 Å². The van der Waals surface area contributed by atoms with Crippen molar-refractivity contribution in [3.05, 3.63) is 24.0 Å². The Balaban J connectivity index is 0.00000104. The van der Waals surface area contributed by atoms with Crippen LogP contribution in [0.2, 0.25) is 0 Å². The number of aromatic amines is 1. The second-order valence-electron chi connectivity index (χ2n) is 6.60. The molecule has 132 valence electrons. The van der Waals surface area contributed by atoms with Gasteiger partial charge in [0.2, 0.25) is 5.91 Å². The number of amides is 1. The number of H-pyrrole nitrogens is 1. The van der Waals surface area contributed by atoms with Crippen LogP contribution in [0.4, 0.5) is 5.69 Å². The lowest BCUT2D eigenvalue weighted by Crippen LogP contribution is -2.29. The summed E-state index contributed by atoms with van der Waals surface area (Å²) in [4.78, 5) is 20.0. The number of anilines is 1. The Morgan fingerprint density at radius 3 is 2.67 bits per heavy atom. The van der Waals surface area contributed by atoms with Crippen molar-refractivity contribution in [3.8, 4) is 0 Å². The number of carbonyl (C=O) groups is 1. The van der Waals surface area contributed by atoms with Crippen LogP contribution in [0.25, 0.3) is 11.0 Å². The van der Waals surface area contributed by atoms with E-state index in [1.807, 2.05) is 18.2 Å². The van der Waals surface area contributed by atoms with E-state index in [1.54, 1.807) is 0 Å². The Labute approximate surface area is 154 Å². The molecule has 0 atom stereocenters. The fourth-order valence-corrected chi connectivity index (χ4v) is 2.90. The number of aromatic nitrogens is 2. The molecular formula is C17H24Cl2N4O. The Morgan fingerprint density at radius 1 is 1.21 bits per heavy atom. The van der Waals surface area contributed by atoms with E-state index in [-0.39, 0.29) is 30.7 Å². The molecule has 0 unspecified atom stereocenters. The lowest BCUT2D eigenvalue weighted by molar-refractivity contribution is -0.115. The van der Waals surface area contributed by atoms with Crippen molar-refractivity contribution in [2.24, 2.45) is 5.92 Å². The molecule has 1 amide bonds. The number of imidazole rings is 1. The highest BCUT2D eigenvalue weighted by molar-refractivity contribution is 5.94. The van der Waals surface area contributed by atoms with Crippen molar-refractivity contribution in [1.29, 1.82) is 0 Å². The second kappa shape index (κ2) is 8.19. The highest BCUT2D eigenvalue weighted by atomic mass is 35.5. The fraction of sp³-hybridized carbons (Fsp3) is 0.529. The average Bonchev–Trinajstić information content (AvgIpc) is 3.15. The number of nitrogens with zero attached hydrogens (tertiary/aromatic N) is 1. The summed E-state index contributed by atoms with van der Waals surface area (Å²) in [6.45, 7) is 1.34. The molecule has 2 fully saturated rings. The predicted molar refractivity (Wildman–Crippen MR) is 101 cm³/mol. The molecule has 2 aliphatic carbocycles. The molecule has 5 nitrogen and oxygen atoms in total. The topological polar surface area (TPSA) is 69.8 Å². The van der Waals surface area contributed by atoms with Crippen molar-refractivity contribution < 1.29 is 4.79 Å². The first-order valence-corrected chi connectivity index (χ1v) is 8.28. The molecule has 0 bridgehead atoms. The molecule has 3 N–H and O–H groups in total. The van der Waals surface area contributed by atoms with Gasteiger partial charge in [-0.25, -0.2) is 4.98 Å². The van der Waals surface area contributed by atoms with Gasteiger partial charge in [0.25, 0.3) is 0 Å². The Morgan fingerprint density at radius 2 is 2.00 bits per heavy atom. The summed E-state index contributed by atoms with van der Waals surface area (Å²) in [6.07, 6.45) is 6.37. The van der Waals surface area contributed by atoms with Crippen LogP contribution in [0.5, 0.6) is 0 Å². The Hall–Kier alpha value is -1.30. The van der Waals surface area contributed by atoms with Crippen molar-refractivity contribution in [1.82, 2.24) is 15.3 Å². The summed E-state index contributed by atoms with van der Waals surface area (Å²) < 4.78 is 0. The number of rotatable bonds is 6. The monoisotopic (exact) mass is 370 g/mol. The molecule has 7 heteroatoms. The number of nitrogens with one attached hydrogen (secondary N) is 3. The summed E-state index contributed by atoms with van der Waals surface area (Å²) in [5.74, 6) is 2.49. The standard InChI is InChI=1S/C17H22N4O.2ClH/c22-16(10-18-9-11-4-5-11)19-13-6-7-14-15(8-13)21-17(20-14)12-2-1-3-12;;/h6-8,11-12,18H,1-5,9-10H2,(H,19,22)(H,20,21);2*1H. The molecule has 2 aliphatic rings. The molecule has 1 aromatic carbocycles. The molecule has 1 aromatic heterocycles. The fourth-order valence-electron chi connectivity index (χ4n) is 2.90. The molecule has 1 heterocycles. The molecule has 0 aliphatic heterocycles. The van der Waals surface area contributed by atoms with E-state index in [4.69, 9.17) is 0 Å². The number of benzene rings is 1. The second-order valence-corrected chi connectivity index (χ2v) is 6.60. The van der Waals surface area contributed by atoms with Gasteiger partial charge in [-0.1, -0.05) is 6.42 Å². The van der Waals surface area contributed by atoms with Gasteiger partial charge in [0.15, 0.2) is 0 Å². The number of hydrogen-bond acceptors (Lipinski definition) is 3. The van der Waals surface area contributed by atoms with Crippen LogP contribution in [-0.4, -0.2) is 29.0 Å². The van der Waals surface area contributed by atoms with Crippen molar-refractivity contribution >= 4 is 47.4 Å². The van der Waals surface area contributed by atoms with Gasteiger partial charge in [-0.15, -0.1) is 24.8 Å². The van der Waals surface area contributed by atoms with E-state index in [0.717, 1.165) is 35.0 Å². The van der Waals surface area contributed by atoms with E-state index in [9.17, 15) is 4.79 Å². The van der Waals surface area contributed by atoms with Crippen LogP contribution < -0.4 is 10.6 Å². The molecule has 2 aromatic rings. The van der Waals surface area contributed by atoms with Gasteiger partial charge in [-0.2, -0.15) is 0 Å². The van der Waals surface area contributed by atoms with Crippen LogP contribution in [-0.2, 0) is 4.79 Å². The quantitative estimate of drug-likeness (QED) is 0.727. The number of halogens is 2. The third-order valence-electron chi connectivity index (χ3n) is 4.69. The van der Waals surface area contributed by atoms with Crippen LogP contribution in [0.1, 0.15) is 43.8 Å². The molecular weight excluding hydrogens is 347 g/mol. The highest BCUT2D eigenvalue weighted by Crippen LogP contribution is 2.35. The minimum absolute atomic E-state index is 0. The van der Waals surface area contributed by atoms with E-state index in [0.29, 0.717) is 12.5 Å². The van der Waals surface area contributed by atoms with Gasteiger partial charge in [0.05, 0.1) is 17.6 Å². The predicted octanol–water partition coefficient (Wildman–Crippen LogP) is 3.61. The van der Waals surface area contributed by atoms with E-state index >= 15 is 0 Å².